The number of halogens is 3. The molecule has 2 aliphatic rings. The number of piperidine rings is 1. The molecule has 6 rings (SSSR count). The molecule has 1 unspecified atom stereocenters. The Balaban J connectivity index is 0.00000228. The van der Waals surface area contributed by atoms with Gasteiger partial charge in [-0.25, -0.2) is 19.3 Å². The predicted octanol–water partition coefficient (Wildman–Crippen LogP) is 4.47. The molecule has 1 fully saturated rings. The fourth-order valence-electron chi connectivity index (χ4n) is 5.22. The summed E-state index contributed by atoms with van der Waals surface area (Å²) >= 11 is 5.82. The Morgan fingerprint density at radius 3 is 2.73 bits per heavy atom. The predicted molar refractivity (Wildman–Crippen MR) is 128 cm³/mol. The van der Waals surface area contributed by atoms with Crippen molar-refractivity contribution in [2.24, 2.45) is 11.1 Å². The number of aromatic amines is 1. The van der Waals surface area contributed by atoms with Crippen molar-refractivity contribution in [3.63, 3.8) is 0 Å². The number of anilines is 1. The molecule has 0 bridgehead atoms. The molecule has 4 heterocycles. The van der Waals surface area contributed by atoms with Gasteiger partial charge in [-0.05, 0) is 41.9 Å². The molecule has 1 aliphatic heterocycles. The summed E-state index contributed by atoms with van der Waals surface area (Å²) in [4.78, 5) is 15.2. The van der Waals surface area contributed by atoms with Crippen molar-refractivity contribution in [3.8, 4) is 11.3 Å². The molecule has 10 heteroatoms. The molecule has 3 N–H and O–H groups in total. The highest BCUT2D eigenvalue weighted by Gasteiger charge is 2.45. The molecule has 4 aromatic rings. The Kier molecular flexibility index (Phi) is 5.47. The van der Waals surface area contributed by atoms with Gasteiger partial charge in [0.25, 0.3) is 0 Å². The smallest absolute Gasteiger partial charge is 0.177 e. The molecule has 0 saturated carbocycles. The first kappa shape index (κ1) is 22.0. The van der Waals surface area contributed by atoms with Gasteiger partial charge < -0.3 is 10.6 Å². The highest BCUT2D eigenvalue weighted by Crippen LogP contribution is 2.50. The van der Waals surface area contributed by atoms with E-state index in [4.69, 9.17) is 22.3 Å². The van der Waals surface area contributed by atoms with Crippen LogP contribution in [0.1, 0.15) is 30.0 Å². The summed E-state index contributed by atoms with van der Waals surface area (Å²) < 4.78 is 14.4. The second-order valence-electron chi connectivity index (χ2n) is 8.66. The fraction of sp³-hybridized carbons (Fsp3) is 0.304. The fourth-order valence-corrected chi connectivity index (χ4v) is 5.38. The maximum Gasteiger partial charge on any atom is 0.177 e. The Labute approximate surface area is 201 Å². The SMILES string of the molecule is Cl.NC1c2ccccc2CC12CCN(c1cnc3c(-c4ccnc(Cl)c4F)n[nH]c3n1)CC2. The number of nitrogens with two attached hydrogens (primary N) is 1. The minimum absolute atomic E-state index is 0. The van der Waals surface area contributed by atoms with Crippen molar-refractivity contribution >= 4 is 41.0 Å². The van der Waals surface area contributed by atoms with Crippen LogP contribution in [0.4, 0.5) is 10.2 Å². The van der Waals surface area contributed by atoms with Crippen molar-refractivity contribution < 1.29 is 4.39 Å². The summed E-state index contributed by atoms with van der Waals surface area (Å²) in [6.07, 6.45) is 6.20. The van der Waals surface area contributed by atoms with E-state index in [0.717, 1.165) is 38.2 Å². The van der Waals surface area contributed by atoms with E-state index in [1.807, 2.05) is 0 Å². The van der Waals surface area contributed by atoms with Crippen LogP contribution in [0, 0.1) is 11.2 Å². The lowest BCUT2D eigenvalue weighted by Gasteiger charge is -2.42. The molecule has 1 aromatic carbocycles. The van der Waals surface area contributed by atoms with E-state index in [0.29, 0.717) is 16.9 Å². The molecule has 1 atom stereocenters. The number of nitrogens with one attached hydrogen (secondary N) is 1. The summed E-state index contributed by atoms with van der Waals surface area (Å²) in [6, 6.07) is 10.1. The minimum Gasteiger partial charge on any atom is -0.355 e. The van der Waals surface area contributed by atoms with Crippen LogP contribution in [0.5, 0.6) is 0 Å². The van der Waals surface area contributed by atoms with Crippen molar-refractivity contribution in [3.05, 3.63) is 64.8 Å². The van der Waals surface area contributed by atoms with Crippen LogP contribution in [-0.2, 0) is 6.42 Å². The summed E-state index contributed by atoms with van der Waals surface area (Å²) in [6.45, 7) is 1.72. The maximum absolute atomic E-state index is 14.4. The highest BCUT2D eigenvalue weighted by atomic mass is 35.5. The van der Waals surface area contributed by atoms with Crippen LogP contribution in [0.3, 0.4) is 0 Å². The van der Waals surface area contributed by atoms with Crippen LogP contribution in [0.2, 0.25) is 5.15 Å². The summed E-state index contributed by atoms with van der Waals surface area (Å²) in [5.41, 5.74) is 11.1. The Hall–Kier alpha value is -2.81. The van der Waals surface area contributed by atoms with Crippen LogP contribution in [-0.4, -0.2) is 38.2 Å². The molecule has 7 nitrogen and oxygen atoms in total. The highest BCUT2D eigenvalue weighted by molar-refractivity contribution is 6.29. The lowest BCUT2D eigenvalue weighted by molar-refractivity contribution is 0.187. The van der Waals surface area contributed by atoms with Gasteiger partial charge >= 0.3 is 0 Å². The monoisotopic (exact) mass is 485 g/mol. The maximum atomic E-state index is 14.4. The molecular formula is C23H22Cl2FN7. The van der Waals surface area contributed by atoms with Crippen molar-refractivity contribution in [1.29, 1.82) is 0 Å². The van der Waals surface area contributed by atoms with E-state index in [1.165, 1.54) is 23.4 Å². The first-order valence-corrected chi connectivity index (χ1v) is 11.0. The van der Waals surface area contributed by atoms with E-state index < -0.39 is 5.82 Å². The standard InChI is InChI=1S/C23H21ClFN7.ClH/c24-21-17(25)15(5-8-27-21)18-19-22(31-30-18)29-16(12-28-19)32-9-6-23(7-10-32)11-13-3-1-2-4-14(13)20(23)26;/h1-5,8,12,20H,6-7,9-11,26H2,(H,29,30,31);1H. The minimum atomic E-state index is -0.622. The number of H-pyrrole nitrogens is 1. The van der Waals surface area contributed by atoms with Gasteiger partial charge in [0.2, 0.25) is 0 Å². The first-order chi connectivity index (χ1) is 15.6. The number of hydrogen-bond donors (Lipinski definition) is 2. The third-order valence-corrected chi connectivity index (χ3v) is 7.30. The summed E-state index contributed by atoms with van der Waals surface area (Å²) in [5, 5.41) is 6.92. The third-order valence-electron chi connectivity index (χ3n) is 7.04. The van der Waals surface area contributed by atoms with E-state index >= 15 is 0 Å². The van der Waals surface area contributed by atoms with Crippen LogP contribution in [0.25, 0.3) is 22.4 Å². The summed E-state index contributed by atoms with van der Waals surface area (Å²) in [7, 11) is 0. The van der Waals surface area contributed by atoms with Crippen molar-refractivity contribution in [2.75, 3.05) is 18.0 Å². The van der Waals surface area contributed by atoms with Gasteiger partial charge in [-0.2, -0.15) is 5.10 Å². The Morgan fingerprint density at radius 1 is 1.15 bits per heavy atom. The van der Waals surface area contributed by atoms with Gasteiger partial charge in [0.1, 0.15) is 17.0 Å². The van der Waals surface area contributed by atoms with Gasteiger partial charge in [-0.1, -0.05) is 35.9 Å². The van der Waals surface area contributed by atoms with Crippen molar-refractivity contribution in [2.45, 2.75) is 25.3 Å². The number of rotatable bonds is 2. The molecule has 3 aromatic heterocycles. The Bertz CT molecular complexity index is 1330. The number of pyridine rings is 1. The van der Waals surface area contributed by atoms with Gasteiger partial charge in [0, 0.05) is 30.9 Å². The molecule has 33 heavy (non-hydrogen) atoms. The number of hydrogen-bond acceptors (Lipinski definition) is 6. The van der Waals surface area contributed by atoms with Crippen LogP contribution in [0.15, 0.2) is 42.7 Å². The molecular weight excluding hydrogens is 464 g/mol. The number of aromatic nitrogens is 5. The first-order valence-electron chi connectivity index (χ1n) is 10.7. The summed E-state index contributed by atoms with van der Waals surface area (Å²) in [5.74, 6) is 0.156. The number of fused-ring (bicyclic) bond motifs is 2. The molecule has 170 valence electrons. The molecule has 1 aliphatic carbocycles. The van der Waals surface area contributed by atoms with Crippen molar-refractivity contribution in [1.82, 2.24) is 25.1 Å². The van der Waals surface area contributed by atoms with Gasteiger partial charge in [0.05, 0.1) is 6.20 Å². The largest absolute Gasteiger partial charge is 0.355 e. The van der Waals surface area contributed by atoms with E-state index in [1.54, 1.807) is 6.20 Å². The molecule has 0 amide bonds. The zero-order valence-electron chi connectivity index (χ0n) is 17.6. The number of nitrogens with zero attached hydrogens (tertiary/aromatic N) is 5. The second kappa shape index (κ2) is 8.20. The third kappa shape index (κ3) is 3.44. The topological polar surface area (TPSA) is 96.6 Å². The normalized spacial score (nSPS) is 19.0. The average molecular weight is 486 g/mol. The lowest BCUT2D eigenvalue weighted by atomic mass is 9.73. The zero-order valence-corrected chi connectivity index (χ0v) is 19.2. The quantitative estimate of drug-likeness (QED) is 0.406. The zero-order chi connectivity index (χ0) is 21.9. The molecule has 0 radical (unpaired) electrons. The number of benzene rings is 1. The van der Waals surface area contributed by atoms with Gasteiger partial charge in [0.15, 0.2) is 16.6 Å². The van der Waals surface area contributed by atoms with E-state index in [2.05, 4.69) is 49.3 Å². The lowest BCUT2D eigenvalue weighted by Crippen LogP contribution is -2.44. The van der Waals surface area contributed by atoms with Gasteiger partial charge in [-0.3, -0.25) is 5.10 Å². The second-order valence-corrected chi connectivity index (χ2v) is 9.02. The molecule has 1 saturated heterocycles. The van der Waals surface area contributed by atoms with E-state index in [-0.39, 0.29) is 34.6 Å². The van der Waals surface area contributed by atoms with Gasteiger partial charge in [-0.15, -0.1) is 12.4 Å². The average Bonchev–Trinajstić information content (AvgIpc) is 3.35. The van der Waals surface area contributed by atoms with Crippen LogP contribution >= 0.6 is 24.0 Å². The van der Waals surface area contributed by atoms with Crippen LogP contribution < -0.4 is 10.6 Å². The molecule has 1 spiro atoms. The van der Waals surface area contributed by atoms with E-state index in [9.17, 15) is 4.39 Å². The Morgan fingerprint density at radius 2 is 1.94 bits per heavy atom.